The van der Waals surface area contributed by atoms with Gasteiger partial charge in [0.2, 0.25) is 0 Å². The Bertz CT molecular complexity index is 1290. The number of hydrogen-bond donors (Lipinski definition) is 1. The molecule has 3 aromatic rings. The second-order valence-corrected chi connectivity index (χ2v) is 8.25. The van der Waals surface area contributed by atoms with E-state index in [1.54, 1.807) is 12.1 Å². The largest absolute Gasteiger partial charge is 0.586 e. The van der Waals surface area contributed by atoms with E-state index in [9.17, 15) is 26.7 Å². The van der Waals surface area contributed by atoms with Crippen LogP contribution in [0.15, 0.2) is 42.5 Å². The van der Waals surface area contributed by atoms with E-state index in [-0.39, 0.29) is 40.7 Å². The van der Waals surface area contributed by atoms with Gasteiger partial charge in [-0.15, -0.1) is 8.78 Å². The lowest BCUT2D eigenvalue weighted by molar-refractivity contribution is -0.286. The maximum Gasteiger partial charge on any atom is 0.586 e. The average Bonchev–Trinajstić information content (AvgIpc) is 3.31. The minimum atomic E-state index is -4.59. The number of carbonyl (C=O) groups is 1. The van der Waals surface area contributed by atoms with E-state index in [1.165, 1.54) is 35.0 Å². The molecule has 178 valence electrons. The van der Waals surface area contributed by atoms with Gasteiger partial charge in [0.15, 0.2) is 17.2 Å². The van der Waals surface area contributed by atoms with Gasteiger partial charge in [0.05, 0.1) is 11.4 Å². The predicted octanol–water partition coefficient (Wildman–Crippen LogP) is 5.90. The van der Waals surface area contributed by atoms with Crippen LogP contribution in [0, 0.1) is 0 Å². The fourth-order valence-corrected chi connectivity index (χ4v) is 4.37. The zero-order valence-electron chi connectivity index (χ0n) is 17.7. The van der Waals surface area contributed by atoms with Crippen molar-refractivity contribution in [3.8, 4) is 17.2 Å². The monoisotopic (exact) mass is 479 g/mol. The Morgan fingerprint density at radius 1 is 1.15 bits per heavy atom. The van der Waals surface area contributed by atoms with Gasteiger partial charge in [-0.1, -0.05) is 13.0 Å². The molecule has 11 heteroatoms. The van der Waals surface area contributed by atoms with Gasteiger partial charge in [-0.05, 0) is 55.5 Å². The fourth-order valence-electron chi connectivity index (χ4n) is 4.37. The number of alkyl halides is 5. The van der Waals surface area contributed by atoms with E-state index in [0.717, 1.165) is 6.42 Å². The lowest BCUT2D eigenvalue weighted by atomic mass is 9.87. The van der Waals surface area contributed by atoms with Crippen LogP contribution in [0.25, 0.3) is 5.69 Å². The number of anilines is 1. The Kier molecular flexibility index (Phi) is 5.03. The molecule has 0 bridgehead atoms. The number of ether oxygens (including phenoxy) is 2. The topological polar surface area (TPSA) is 65.4 Å². The lowest BCUT2D eigenvalue weighted by Gasteiger charge is -2.21. The van der Waals surface area contributed by atoms with E-state index < -0.39 is 24.1 Å². The molecule has 0 fully saturated rings. The van der Waals surface area contributed by atoms with Gasteiger partial charge in [0, 0.05) is 22.9 Å². The minimum Gasteiger partial charge on any atom is -0.395 e. The third-order valence-electron chi connectivity index (χ3n) is 5.83. The maximum atomic E-state index is 13.6. The highest BCUT2D eigenvalue weighted by molar-refractivity contribution is 6.04. The van der Waals surface area contributed by atoms with Crippen LogP contribution in [0.2, 0.25) is 0 Å². The Balaban J connectivity index is 1.45. The number of halogens is 5. The SMILES string of the molecule is CC1CCCc2c(C(F)(F)F)nn(-c3cccc(C(=O)Nc4ccc5c(c4)OC(F)(F)O5)c3)c21. The molecule has 1 aromatic heterocycles. The fraction of sp³-hybridized carbons (Fsp3) is 0.304. The summed E-state index contributed by atoms with van der Waals surface area (Å²) in [5.41, 5.74) is 0.437. The molecule has 2 aromatic carbocycles. The number of rotatable bonds is 3. The highest BCUT2D eigenvalue weighted by Gasteiger charge is 2.43. The molecule has 5 rings (SSSR count). The van der Waals surface area contributed by atoms with Gasteiger partial charge in [-0.25, -0.2) is 4.68 Å². The smallest absolute Gasteiger partial charge is 0.395 e. The Labute approximate surface area is 190 Å². The molecule has 6 nitrogen and oxygen atoms in total. The van der Waals surface area contributed by atoms with E-state index >= 15 is 0 Å². The molecule has 1 aliphatic heterocycles. The Morgan fingerprint density at radius 3 is 2.68 bits per heavy atom. The van der Waals surface area contributed by atoms with Crippen LogP contribution in [0.5, 0.6) is 11.5 Å². The van der Waals surface area contributed by atoms with Gasteiger partial charge in [0.1, 0.15) is 0 Å². The molecule has 1 aliphatic carbocycles. The van der Waals surface area contributed by atoms with Crippen LogP contribution in [-0.4, -0.2) is 22.0 Å². The van der Waals surface area contributed by atoms with Crippen LogP contribution in [0.4, 0.5) is 27.6 Å². The van der Waals surface area contributed by atoms with E-state index in [0.29, 0.717) is 17.8 Å². The molecule has 34 heavy (non-hydrogen) atoms. The number of nitrogens with zero attached hydrogens (tertiary/aromatic N) is 2. The molecule has 1 N–H and O–H groups in total. The summed E-state index contributed by atoms with van der Waals surface area (Å²) in [7, 11) is 0. The number of amides is 1. The number of nitrogens with one attached hydrogen (secondary N) is 1. The van der Waals surface area contributed by atoms with Crippen molar-refractivity contribution in [3.05, 3.63) is 65.0 Å². The van der Waals surface area contributed by atoms with Gasteiger partial charge in [-0.3, -0.25) is 4.79 Å². The second-order valence-electron chi connectivity index (χ2n) is 8.25. The van der Waals surface area contributed by atoms with Gasteiger partial charge >= 0.3 is 12.5 Å². The highest BCUT2D eigenvalue weighted by atomic mass is 19.4. The van der Waals surface area contributed by atoms with Crippen molar-refractivity contribution >= 4 is 11.6 Å². The third-order valence-corrected chi connectivity index (χ3v) is 5.83. The maximum absolute atomic E-state index is 13.6. The molecule has 0 radical (unpaired) electrons. The van der Waals surface area contributed by atoms with Crippen molar-refractivity contribution in [3.63, 3.8) is 0 Å². The molecule has 2 aliphatic rings. The molecule has 0 spiro atoms. The lowest BCUT2D eigenvalue weighted by Crippen LogP contribution is -2.25. The number of aromatic nitrogens is 2. The molecule has 2 heterocycles. The molecular formula is C23H18F5N3O3. The molecular weight excluding hydrogens is 461 g/mol. The van der Waals surface area contributed by atoms with E-state index in [1.807, 2.05) is 6.92 Å². The van der Waals surface area contributed by atoms with Crippen molar-refractivity contribution in [2.75, 3.05) is 5.32 Å². The normalized spacial score (nSPS) is 18.5. The van der Waals surface area contributed by atoms with Crippen LogP contribution in [0.1, 0.15) is 53.0 Å². The van der Waals surface area contributed by atoms with Crippen LogP contribution < -0.4 is 14.8 Å². The minimum absolute atomic E-state index is 0.128. The van der Waals surface area contributed by atoms with Crippen molar-refractivity contribution in [2.24, 2.45) is 0 Å². The Morgan fingerprint density at radius 2 is 1.91 bits per heavy atom. The predicted molar refractivity (Wildman–Crippen MR) is 111 cm³/mol. The molecule has 0 saturated heterocycles. The van der Waals surface area contributed by atoms with Crippen molar-refractivity contribution in [1.82, 2.24) is 9.78 Å². The van der Waals surface area contributed by atoms with E-state index in [4.69, 9.17) is 0 Å². The first-order chi connectivity index (χ1) is 16.0. The summed E-state index contributed by atoms with van der Waals surface area (Å²) in [4.78, 5) is 12.8. The van der Waals surface area contributed by atoms with Crippen molar-refractivity contribution < 1.29 is 36.2 Å². The van der Waals surface area contributed by atoms with Gasteiger partial charge < -0.3 is 14.8 Å². The average molecular weight is 479 g/mol. The molecule has 1 amide bonds. The van der Waals surface area contributed by atoms with Gasteiger partial charge in [0.25, 0.3) is 5.91 Å². The quantitative estimate of drug-likeness (QED) is 0.475. The first-order valence-corrected chi connectivity index (χ1v) is 10.5. The first-order valence-electron chi connectivity index (χ1n) is 10.5. The van der Waals surface area contributed by atoms with Crippen molar-refractivity contribution in [2.45, 2.75) is 44.6 Å². The summed E-state index contributed by atoms with van der Waals surface area (Å²) >= 11 is 0. The number of benzene rings is 2. The van der Waals surface area contributed by atoms with Crippen LogP contribution in [-0.2, 0) is 12.6 Å². The zero-order valence-corrected chi connectivity index (χ0v) is 17.7. The number of fused-ring (bicyclic) bond motifs is 2. The third kappa shape index (κ3) is 3.95. The molecule has 1 atom stereocenters. The number of carbonyl (C=O) groups excluding carboxylic acids is 1. The summed E-state index contributed by atoms with van der Waals surface area (Å²) in [6.45, 7) is 1.86. The highest BCUT2D eigenvalue weighted by Crippen LogP contribution is 2.43. The molecule has 1 unspecified atom stereocenters. The Hall–Kier alpha value is -3.63. The van der Waals surface area contributed by atoms with E-state index in [2.05, 4.69) is 19.9 Å². The summed E-state index contributed by atoms with van der Waals surface area (Å²) in [5.74, 6) is -1.11. The second kappa shape index (κ2) is 7.71. The van der Waals surface area contributed by atoms with Crippen molar-refractivity contribution in [1.29, 1.82) is 0 Å². The van der Waals surface area contributed by atoms with Crippen LogP contribution in [0.3, 0.4) is 0 Å². The zero-order chi connectivity index (χ0) is 24.3. The summed E-state index contributed by atoms with van der Waals surface area (Å²) in [5, 5.41) is 6.45. The standard InChI is InChI=1S/C23H18F5N3O3/c1-12-4-2-7-16-19(12)31(30-20(16)22(24,25)26)15-6-3-5-13(10-15)21(32)29-14-8-9-17-18(11-14)34-23(27,28)33-17/h3,5-6,8-12H,2,4,7H2,1H3,(H,29,32). The summed E-state index contributed by atoms with van der Waals surface area (Å²) in [6.07, 6.45) is -6.70. The van der Waals surface area contributed by atoms with Crippen LogP contribution >= 0.6 is 0 Å². The summed E-state index contributed by atoms with van der Waals surface area (Å²) in [6, 6.07) is 9.84. The first kappa shape index (κ1) is 22.2. The molecule has 0 saturated carbocycles. The number of hydrogen-bond acceptors (Lipinski definition) is 4. The summed E-state index contributed by atoms with van der Waals surface area (Å²) < 4.78 is 77.3. The van der Waals surface area contributed by atoms with Gasteiger partial charge in [-0.2, -0.15) is 18.3 Å².